The Morgan fingerprint density at radius 3 is 2.62 bits per heavy atom. The average molecular weight is 296 g/mol. The fourth-order valence-corrected chi connectivity index (χ4v) is 3.00. The molecule has 1 N–H and O–H groups in total. The number of benzene rings is 1. The SMILES string of the molecule is C[C@H](NCc1sccc1Br)c1ccccc1. The van der Waals surface area contributed by atoms with Crippen LogP contribution in [-0.2, 0) is 6.54 Å². The fraction of sp³-hybridized carbons (Fsp3) is 0.231. The van der Waals surface area contributed by atoms with Crippen molar-refractivity contribution in [2.24, 2.45) is 0 Å². The number of hydrogen-bond acceptors (Lipinski definition) is 2. The molecular weight excluding hydrogens is 282 g/mol. The summed E-state index contributed by atoms with van der Waals surface area (Å²) in [6, 6.07) is 13.0. The zero-order chi connectivity index (χ0) is 11.4. The van der Waals surface area contributed by atoms with E-state index in [-0.39, 0.29) is 0 Å². The van der Waals surface area contributed by atoms with E-state index < -0.39 is 0 Å². The number of nitrogens with one attached hydrogen (secondary N) is 1. The second kappa shape index (κ2) is 5.62. The molecule has 0 aliphatic carbocycles. The minimum atomic E-state index is 0.384. The van der Waals surface area contributed by atoms with Gasteiger partial charge in [-0.3, -0.25) is 0 Å². The van der Waals surface area contributed by atoms with Crippen molar-refractivity contribution in [1.29, 1.82) is 0 Å². The molecule has 0 unspecified atom stereocenters. The molecule has 0 radical (unpaired) electrons. The van der Waals surface area contributed by atoms with E-state index in [2.05, 4.69) is 63.9 Å². The number of halogens is 1. The van der Waals surface area contributed by atoms with Gasteiger partial charge in [-0.15, -0.1) is 11.3 Å². The second-order valence-electron chi connectivity index (χ2n) is 3.70. The van der Waals surface area contributed by atoms with Crippen molar-refractivity contribution in [3.63, 3.8) is 0 Å². The predicted molar refractivity (Wildman–Crippen MR) is 73.7 cm³/mol. The van der Waals surface area contributed by atoms with Gasteiger partial charge >= 0.3 is 0 Å². The third kappa shape index (κ3) is 2.94. The van der Waals surface area contributed by atoms with Crippen LogP contribution in [0.25, 0.3) is 0 Å². The molecule has 1 heterocycles. The highest BCUT2D eigenvalue weighted by atomic mass is 79.9. The average Bonchev–Trinajstić information content (AvgIpc) is 2.73. The highest BCUT2D eigenvalue weighted by Gasteiger charge is 2.06. The quantitative estimate of drug-likeness (QED) is 0.884. The van der Waals surface area contributed by atoms with Gasteiger partial charge in [0.2, 0.25) is 0 Å². The second-order valence-corrected chi connectivity index (χ2v) is 5.56. The van der Waals surface area contributed by atoms with E-state index in [4.69, 9.17) is 0 Å². The van der Waals surface area contributed by atoms with Crippen molar-refractivity contribution < 1.29 is 0 Å². The molecule has 0 amide bonds. The third-order valence-electron chi connectivity index (χ3n) is 2.56. The van der Waals surface area contributed by atoms with Crippen LogP contribution in [0.3, 0.4) is 0 Å². The minimum absolute atomic E-state index is 0.384. The van der Waals surface area contributed by atoms with Crippen LogP contribution < -0.4 is 5.32 Å². The largest absolute Gasteiger partial charge is 0.305 e. The molecule has 0 saturated heterocycles. The standard InChI is InChI=1S/C13H14BrNS/c1-10(11-5-3-2-4-6-11)15-9-13-12(14)7-8-16-13/h2-8,10,15H,9H2,1H3/t10-/m0/s1. The van der Waals surface area contributed by atoms with Crippen molar-refractivity contribution >= 4 is 27.3 Å². The third-order valence-corrected chi connectivity index (χ3v) is 4.49. The lowest BCUT2D eigenvalue weighted by Crippen LogP contribution is -2.17. The predicted octanol–water partition coefficient (Wildman–Crippen LogP) is 4.36. The number of rotatable bonds is 4. The van der Waals surface area contributed by atoms with E-state index in [0.29, 0.717) is 6.04 Å². The molecule has 2 aromatic rings. The smallest absolute Gasteiger partial charge is 0.0327 e. The summed E-state index contributed by atoms with van der Waals surface area (Å²) in [7, 11) is 0. The van der Waals surface area contributed by atoms with Crippen LogP contribution in [0, 0.1) is 0 Å². The monoisotopic (exact) mass is 295 g/mol. The molecule has 1 atom stereocenters. The Morgan fingerprint density at radius 1 is 1.25 bits per heavy atom. The summed E-state index contributed by atoms with van der Waals surface area (Å²) in [5.41, 5.74) is 1.33. The first-order valence-electron chi connectivity index (χ1n) is 5.27. The highest BCUT2D eigenvalue weighted by molar-refractivity contribution is 9.10. The lowest BCUT2D eigenvalue weighted by atomic mass is 10.1. The van der Waals surface area contributed by atoms with Crippen molar-refractivity contribution in [3.8, 4) is 0 Å². The van der Waals surface area contributed by atoms with Gasteiger partial charge in [0.1, 0.15) is 0 Å². The van der Waals surface area contributed by atoms with Crippen LogP contribution in [0.15, 0.2) is 46.3 Å². The number of thiophene rings is 1. The lowest BCUT2D eigenvalue weighted by Gasteiger charge is -2.13. The zero-order valence-corrected chi connectivity index (χ0v) is 11.5. The van der Waals surface area contributed by atoms with Crippen LogP contribution in [0.1, 0.15) is 23.4 Å². The molecule has 0 aliphatic heterocycles. The molecule has 84 valence electrons. The van der Waals surface area contributed by atoms with Crippen LogP contribution in [0.5, 0.6) is 0 Å². The maximum atomic E-state index is 3.54. The summed E-state index contributed by atoms with van der Waals surface area (Å²) in [6.45, 7) is 3.10. The summed E-state index contributed by atoms with van der Waals surface area (Å²) in [5.74, 6) is 0. The first-order chi connectivity index (χ1) is 7.77. The van der Waals surface area contributed by atoms with E-state index in [1.807, 2.05) is 6.07 Å². The van der Waals surface area contributed by atoms with E-state index in [1.54, 1.807) is 11.3 Å². The molecule has 3 heteroatoms. The Labute approximate surface area is 109 Å². The first kappa shape index (κ1) is 11.8. The van der Waals surface area contributed by atoms with Gasteiger partial charge in [-0.05, 0) is 39.9 Å². The first-order valence-corrected chi connectivity index (χ1v) is 6.95. The van der Waals surface area contributed by atoms with Gasteiger partial charge < -0.3 is 5.32 Å². The molecule has 0 spiro atoms. The summed E-state index contributed by atoms with van der Waals surface area (Å²) >= 11 is 5.32. The highest BCUT2D eigenvalue weighted by Crippen LogP contribution is 2.23. The van der Waals surface area contributed by atoms with Crippen molar-refractivity contribution in [3.05, 3.63) is 56.7 Å². The summed E-state index contributed by atoms with van der Waals surface area (Å²) in [4.78, 5) is 1.35. The van der Waals surface area contributed by atoms with E-state index in [9.17, 15) is 0 Å². The van der Waals surface area contributed by atoms with Gasteiger partial charge in [0.05, 0.1) is 0 Å². The Morgan fingerprint density at radius 2 is 2.00 bits per heavy atom. The van der Waals surface area contributed by atoms with Gasteiger partial charge in [0.25, 0.3) is 0 Å². The fourth-order valence-electron chi connectivity index (χ4n) is 1.56. The van der Waals surface area contributed by atoms with Crippen LogP contribution in [0.4, 0.5) is 0 Å². The molecule has 0 saturated carbocycles. The summed E-state index contributed by atoms with van der Waals surface area (Å²) in [6.07, 6.45) is 0. The Hall–Kier alpha value is -0.640. The lowest BCUT2D eigenvalue weighted by molar-refractivity contribution is 0.578. The maximum absolute atomic E-state index is 3.54. The Bertz CT molecular complexity index is 438. The molecule has 0 aliphatic rings. The topological polar surface area (TPSA) is 12.0 Å². The Balaban J connectivity index is 1.94. The van der Waals surface area contributed by atoms with Crippen LogP contribution in [0.2, 0.25) is 0 Å². The molecule has 1 aromatic carbocycles. The molecule has 0 bridgehead atoms. The summed E-state index contributed by atoms with van der Waals surface area (Å²) < 4.78 is 1.20. The van der Waals surface area contributed by atoms with Crippen molar-refractivity contribution in [2.45, 2.75) is 19.5 Å². The van der Waals surface area contributed by atoms with Crippen molar-refractivity contribution in [1.82, 2.24) is 5.32 Å². The van der Waals surface area contributed by atoms with Gasteiger partial charge in [-0.1, -0.05) is 30.3 Å². The van der Waals surface area contributed by atoms with Gasteiger partial charge in [-0.2, -0.15) is 0 Å². The Kier molecular flexibility index (Phi) is 4.16. The summed E-state index contributed by atoms with van der Waals surface area (Å²) in [5, 5.41) is 5.63. The van der Waals surface area contributed by atoms with Gasteiger partial charge in [0.15, 0.2) is 0 Å². The van der Waals surface area contributed by atoms with Gasteiger partial charge in [0, 0.05) is 21.9 Å². The minimum Gasteiger partial charge on any atom is -0.305 e. The van der Waals surface area contributed by atoms with Crippen LogP contribution >= 0.6 is 27.3 Å². The number of hydrogen-bond donors (Lipinski definition) is 1. The van der Waals surface area contributed by atoms with E-state index >= 15 is 0 Å². The molecule has 1 aromatic heterocycles. The molecular formula is C13H14BrNS. The van der Waals surface area contributed by atoms with E-state index in [1.165, 1.54) is 14.9 Å². The van der Waals surface area contributed by atoms with Crippen molar-refractivity contribution in [2.75, 3.05) is 0 Å². The maximum Gasteiger partial charge on any atom is 0.0327 e. The zero-order valence-electron chi connectivity index (χ0n) is 9.11. The molecule has 16 heavy (non-hydrogen) atoms. The van der Waals surface area contributed by atoms with Gasteiger partial charge in [-0.25, -0.2) is 0 Å². The molecule has 0 fully saturated rings. The molecule has 1 nitrogen and oxygen atoms in total. The molecule has 2 rings (SSSR count). The van der Waals surface area contributed by atoms with E-state index in [0.717, 1.165) is 6.54 Å². The normalized spacial score (nSPS) is 12.6. The van der Waals surface area contributed by atoms with Crippen LogP contribution in [-0.4, -0.2) is 0 Å².